The Morgan fingerprint density at radius 3 is 2.45 bits per heavy atom. The number of unbranched alkanes of at least 4 members (excludes halogenated alkanes) is 1. The van der Waals surface area contributed by atoms with Gasteiger partial charge in [0.15, 0.2) is 0 Å². The maximum atomic E-state index is 14.4. The summed E-state index contributed by atoms with van der Waals surface area (Å²) in [5, 5.41) is 16.6. The molecule has 38 heavy (non-hydrogen) atoms. The number of benzene rings is 2. The molecule has 0 aliphatic carbocycles. The number of rotatable bonds is 10. The SMILES string of the molecule is CCCCNC(=O)C1N([C@@H](CO)Cc2ccccc2)C(=O)[C@@H]2[C@@H](C(=O)Nc3ccccc3)[C@H]3CC(C)C12S3. The van der Waals surface area contributed by atoms with Crippen LogP contribution in [0, 0.1) is 17.8 Å². The third kappa shape index (κ3) is 4.51. The summed E-state index contributed by atoms with van der Waals surface area (Å²) in [6.07, 6.45) is 3.01. The predicted molar refractivity (Wildman–Crippen MR) is 150 cm³/mol. The Labute approximate surface area is 228 Å². The first-order valence-electron chi connectivity index (χ1n) is 13.7. The molecule has 3 aliphatic rings. The van der Waals surface area contributed by atoms with Crippen molar-refractivity contribution >= 4 is 35.2 Å². The van der Waals surface area contributed by atoms with Crippen LogP contribution in [0.4, 0.5) is 5.69 Å². The Morgan fingerprint density at radius 2 is 1.79 bits per heavy atom. The maximum Gasteiger partial charge on any atom is 0.244 e. The second-order valence-electron chi connectivity index (χ2n) is 10.8. The Balaban J connectivity index is 1.52. The molecule has 3 aliphatic heterocycles. The van der Waals surface area contributed by atoms with Crippen LogP contribution in [-0.2, 0) is 20.8 Å². The van der Waals surface area contributed by atoms with Crippen molar-refractivity contribution in [1.82, 2.24) is 10.2 Å². The Bertz CT molecular complexity index is 1160. The fourth-order valence-electron chi connectivity index (χ4n) is 6.82. The second kappa shape index (κ2) is 11.1. The van der Waals surface area contributed by atoms with Gasteiger partial charge in [-0.25, -0.2) is 0 Å². The number of anilines is 1. The molecule has 3 unspecified atom stereocenters. The first-order valence-corrected chi connectivity index (χ1v) is 14.6. The van der Waals surface area contributed by atoms with Gasteiger partial charge in [-0.3, -0.25) is 14.4 Å². The van der Waals surface area contributed by atoms with E-state index >= 15 is 0 Å². The lowest BCUT2D eigenvalue weighted by molar-refractivity contribution is -0.142. The summed E-state index contributed by atoms with van der Waals surface area (Å²) >= 11 is 1.66. The van der Waals surface area contributed by atoms with Crippen molar-refractivity contribution in [3.8, 4) is 0 Å². The van der Waals surface area contributed by atoms with Crippen molar-refractivity contribution in [3.63, 3.8) is 0 Å². The van der Waals surface area contributed by atoms with E-state index in [2.05, 4.69) is 24.5 Å². The highest BCUT2D eigenvalue weighted by Gasteiger charge is 2.76. The zero-order chi connectivity index (χ0) is 26.9. The number of carbonyl (C=O) groups excluding carboxylic acids is 3. The molecule has 3 saturated heterocycles. The van der Waals surface area contributed by atoms with E-state index in [-0.39, 0.29) is 35.5 Å². The summed E-state index contributed by atoms with van der Waals surface area (Å²) in [4.78, 5) is 43.6. The van der Waals surface area contributed by atoms with E-state index in [1.165, 1.54) is 0 Å². The van der Waals surface area contributed by atoms with E-state index in [9.17, 15) is 19.5 Å². The highest BCUT2D eigenvalue weighted by atomic mass is 32.2. The smallest absolute Gasteiger partial charge is 0.244 e. The van der Waals surface area contributed by atoms with Crippen LogP contribution in [0.5, 0.6) is 0 Å². The minimum absolute atomic E-state index is 0.0301. The molecular formula is C30H37N3O4S. The molecule has 2 aromatic carbocycles. The van der Waals surface area contributed by atoms with Crippen LogP contribution in [0.15, 0.2) is 60.7 Å². The molecule has 7 atom stereocenters. The van der Waals surface area contributed by atoms with Crippen molar-refractivity contribution in [3.05, 3.63) is 66.2 Å². The average Bonchev–Trinajstić information content (AvgIpc) is 3.52. The molecule has 5 rings (SSSR count). The third-order valence-electron chi connectivity index (χ3n) is 8.52. The number of aliphatic hydroxyl groups is 1. The summed E-state index contributed by atoms with van der Waals surface area (Å²) in [6, 6.07) is 17.7. The molecule has 0 radical (unpaired) electrons. The fourth-order valence-corrected chi connectivity index (χ4v) is 9.23. The number of aliphatic hydroxyl groups excluding tert-OH is 1. The largest absolute Gasteiger partial charge is 0.394 e. The number of hydrogen-bond donors (Lipinski definition) is 3. The third-order valence-corrected chi connectivity index (χ3v) is 10.6. The highest BCUT2D eigenvalue weighted by molar-refractivity contribution is 8.02. The highest BCUT2D eigenvalue weighted by Crippen LogP contribution is 2.68. The molecule has 2 aromatic rings. The van der Waals surface area contributed by atoms with Gasteiger partial charge in [-0.2, -0.15) is 0 Å². The molecule has 8 heteroatoms. The van der Waals surface area contributed by atoms with E-state index in [1.54, 1.807) is 16.7 Å². The van der Waals surface area contributed by atoms with Crippen LogP contribution in [0.1, 0.15) is 38.7 Å². The maximum absolute atomic E-state index is 14.4. The lowest BCUT2D eigenvalue weighted by Gasteiger charge is -2.40. The second-order valence-corrected chi connectivity index (χ2v) is 12.4. The van der Waals surface area contributed by atoms with Crippen LogP contribution >= 0.6 is 11.8 Å². The summed E-state index contributed by atoms with van der Waals surface area (Å²) in [6.45, 7) is 4.46. The molecule has 3 amide bonds. The zero-order valence-corrected chi connectivity index (χ0v) is 22.8. The predicted octanol–water partition coefficient (Wildman–Crippen LogP) is 3.48. The Morgan fingerprint density at radius 1 is 1.11 bits per heavy atom. The number of amides is 3. The van der Waals surface area contributed by atoms with Gasteiger partial charge in [0.2, 0.25) is 17.7 Å². The van der Waals surface area contributed by atoms with Crippen LogP contribution in [0.3, 0.4) is 0 Å². The van der Waals surface area contributed by atoms with Crippen molar-refractivity contribution in [2.45, 2.75) is 61.6 Å². The normalized spacial score (nSPS) is 30.2. The van der Waals surface area contributed by atoms with E-state index in [0.29, 0.717) is 18.7 Å². The van der Waals surface area contributed by atoms with Crippen LogP contribution in [0.25, 0.3) is 0 Å². The molecule has 3 N–H and O–H groups in total. The summed E-state index contributed by atoms with van der Waals surface area (Å²) in [5.41, 5.74) is 1.68. The van der Waals surface area contributed by atoms with Gasteiger partial charge in [-0.15, -0.1) is 11.8 Å². The van der Waals surface area contributed by atoms with Crippen molar-refractivity contribution < 1.29 is 19.5 Å². The van der Waals surface area contributed by atoms with Gasteiger partial charge in [0.25, 0.3) is 0 Å². The minimum Gasteiger partial charge on any atom is -0.394 e. The topological polar surface area (TPSA) is 98.7 Å². The number of fused-ring (bicyclic) bond motifs is 1. The standard InChI is InChI=1S/C30H37N3O4S/c1-3-4-15-31-28(36)26-30-19(2)16-23(38-30)24(27(35)32-21-13-9-6-10-14-21)25(30)29(37)33(26)22(18-34)17-20-11-7-5-8-12-20/h5-14,19,22-26,34H,3-4,15-18H2,1-2H3,(H,31,36)(H,32,35)/t19?,22-,23-,24+,25+,26?,30?/m1/s1. The number of hydrogen-bond acceptors (Lipinski definition) is 5. The number of nitrogens with zero attached hydrogens (tertiary/aromatic N) is 1. The lowest BCUT2D eigenvalue weighted by Crippen LogP contribution is -2.58. The summed E-state index contributed by atoms with van der Waals surface area (Å²) in [7, 11) is 0. The van der Waals surface area contributed by atoms with Gasteiger partial charge in [-0.05, 0) is 42.9 Å². The molecule has 0 aromatic heterocycles. The molecule has 1 spiro atoms. The number of carbonyl (C=O) groups is 3. The minimum atomic E-state index is -0.739. The molecule has 0 saturated carbocycles. The van der Waals surface area contributed by atoms with Crippen molar-refractivity contribution in [2.75, 3.05) is 18.5 Å². The number of nitrogens with one attached hydrogen (secondary N) is 2. The van der Waals surface area contributed by atoms with Crippen molar-refractivity contribution in [2.24, 2.45) is 17.8 Å². The van der Waals surface area contributed by atoms with E-state index in [4.69, 9.17) is 0 Å². The summed E-state index contributed by atoms with van der Waals surface area (Å²) < 4.78 is -0.707. The molecule has 202 valence electrons. The number of likely N-dealkylation sites (tertiary alicyclic amines) is 1. The summed E-state index contributed by atoms with van der Waals surface area (Å²) in [5.74, 6) is -1.60. The molecule has 3 heterocycles. The molecule has 7 nitrogen and oxygen atoms in total. The van der Waals surface area contributed by atoms with E-state index in [0.717, 1.165) is 24.8 Å². The lowest BCUT2D eigenvalue weighted by atomic mass is 9.66. The average molecular weight is 536 g/mol. The number of thioether (sulfide) groups is 1. The van der Waals surface area contributed by atoms with Gasteiger partial charge >= 0.3 is 0 Å². The Kier molecular flexibility index (Phi) is 7.82. The first kappa shape index (κ1) is 26.8. The number of para-hydroxylation sites is 1. The monoisotopic (exact) mass is 535 g/mol. The van der Waals surface area contributed by atoms with E-state index < -0.39 is 28.7 Å². The fraction of sp³-hybridized carbons (Fsp3) is 0.500. The molecule has 3 fully saturated rings. The van der Waals surface area contributed by atoms with Crippen LogP contribution in [-0.4, -0.2) is 63.0 Å². The van der Waals surface area contributed by atoms with E-state index in [1.807, 2.05) is 60.7 Å². The first-order chi connectivity index (χ1) is 18.4. The van der Waals surface area contributed by atoms with Gasteiger partial charge in [0, 0.05) is 17.5 Å². The van der Waals surface area contributed by atoms with Crippen LogP contribution in [0.2, 0.25) is 0 Å². The van der Waals surface area contributed by atoms with Crippen molar-refractivity contribution in [1.29, 1.82) is 0 Å². The van der Waals surface area contributed by atoms with Gasteiger partial charge < -0.3 is 20.6 Å². The van der Waals surface area contributed by atoms with Gasteiger partial charge in [-0.1, -0.05) is 68.8 Å². The van der Waals surface area contributed by atoms with Gasteiger partial charge in [0.1, 0.15) is 6.04 Å². The Hall–Kier alpha value is -2.84. The molecule has 2 bridgehead atoms. The van der Waals surface area contributed by atoms with Crippen LogP contribution < -0.4 is 10.6 Å². The molecular weight excluding hydrogens is 498 g/mol. The quantitative estimate of drug-likeness (QED) is 0.405. The van der Waals surface area contributed by atoms with Gasteiger partial charge in [0.05, 0.1) is 29.2 Å². The zero-order valence-electron chi connectivity index (χ0n) is 22.0.